The number of rotatable bonds is 6. The number of hydrogen-bond acceptors (Lipinski definition) is 6. The fourth-order valence-electron chi connectivity index (χ4n) is 4.09. The molecular formula is C22H22BrNO5S. The lowest BCUT2D eigenvalue weighted by Crippen LogP contribution is -2.19. The molecule has 6 nitrogen and oxygen atoms in total. The van der Waals surface area contributed by atoms with E-state index in [2.05, 4.69) is 20.9 Å². The first-order chi connectivity index (χ1) is 14.4. The van der Waals surface area contributed by atoms with Crippen LogP contribution in [0.2, 0.25) is 0 Å². The number of hydrogen-bond donors (Lipinski definition) is 2. The lowest BCUT2D eigenvalue weighted by molar-refractivity contribution is 0.118. The molecular weight excluding hydrogens is 470 g/mol. The standard InChI is InChI=1S/C22H22BrNO5S/c23-17-5-6-19(26)15(10-17)9-14(18-3-1-2-8-24-18)4-7-20-22-16(11-25)13-30(27,28)21(22)12-29-20/h1-3,5-6,8-10,20-21,25-26H,4,7,11-13H2/b14-9-/t20-,21+/m1/s1. The van der Waals surface area contributed by atoms with Crippen molar-refractivity contribution < 1.29 is 23.4 Å². The van der Waals surface area contributed by atoms with Gasteiger partial charge in [-0.15, -0.1) is 0 Å². The molecule has 0 amide bonds. The molecule has 2 aromatic rings. The van der Waals surface area contributed by atoms with E-state index in [0.717, 1.165) is 21.3 Å². The van der Waals surface area contributed by atoms with Gasteiger partial charge in [0.2, 0.25) is 0 Å². The van der Waals surface area contributed by atoms with Crippen LogP contribution in [0.1, 0.15) is 24.1 Å². The maximum Gasteiger partial charge on any atom is 0.163 e. The van der Waals surface area contributed by atoms with Gasteiger partial charge in [-0.3, -0.25) is 4.98 Å². The zero-order valence-corrected chi connectivity index (χ0v) is 18.6. The van der Waals surface area contributed by atoms with Crippen molar-refractivity contribution in [3.05, 3.63) is 69.5 Å². The van der Waals surface area contributed by atoms with Crippen molar-refractivity contribution in [3.8, 4) is 5.75 Å². The number of ether oxygens (including phenoxy) is 1. The highest BCUT2D eigenvalue weighted by molar-refractivity contribution is 9.10. The average Bonchev–Trinajstić information content (AvgIpc) is 3.27. The number of fused-ring (bicyclic) bond motifs is 1. The van der Waals surface area contributed by atoms with Crippen LogP contribution in [0.5, 0.6) is 5.75 Å². The lowest BCUT2D eigenvalue weighted by atomic mass is 9.95. The Morgan fingerprint density at radius 1 is 1.30 bits per heavy atom. The highest BCUT2D eigenvalue weighted by Gasteiger charge is 2.46. The third-order valence-electron chi connectivity index (χ3n) is 5.54. The minimum absolute atomic E-state index is 0.0851. The quantitative estimate of drug-likeness (QED) is 0.601. The summed E-state index contributed by atoms with van der Waals surface area (Å²) in [5, 5.41) is 19.2. The summed E-state index contributed by atoms with van der Waals surface area (Å²) in [6, 6.07) is 10.9. The van der Waals surface area contributed by atoms with Crippen LogP contribution >= 0.6 is 15.9 Å². The summed E-state index contributed by atoms with van der Waals surface area (Å²) < 4.78 is 31.3. The number of aliphatic hydroxyl groups excluding tert-OH is 1. The molecule has 2 aliphatic heterocycles. The van der Waals surface area contributed by atoms with Crippen LogP contribution in [-0.2, 0) is 14.6 Å². The summed E-state index contributed by atoms with van der Waals surface area (Å²) in [5.74, 6) is 0.0778. The first-order valence-corrected chi connectivity index (χ1v) is 12.2. The van der Waals surface area contributed by atoms with Crippen LogP contribution in [-0.4, -0.2) is 53.9 Å². The van der Waals surface area contributed by atoms with Gasteiger partial charge in [0.1, 0.15) is 11.0 Å². The Morgan fingerprint density at radius 3 is 2.87 bits per heavy atom. The number of phenols is 1. The van der Waals surface area contributed by atoms with Crippen molar-refractivity contribution in [2.75, 3.05) is 19.0 Å². The zero-order chi connectivity index (χ0) is 21.3. The van der Waals surface area contributed by atoms with E-state index < -0.39 is 15.1 Å². The van der Waals surface area contributed by atoms with Crippen LogP contribution in [0.4, 0.5) is 0 Å². The number of allylic oxidation sites excluding steroid dienone is 1. The van der Waals surface area contributed by atoms with Gasteiger partial charge in [-0.2, -0.15) is 0 Å². The van der Waals surface area contributed by atoms with E-state index >= 15 is 0 Å². The van der Waals surface area contributed by atoms with Crippen molar-refractivity contribution in [2.45, 2.75) is 24.2 Å². The van der Waals surface area contributed by atoms with Gasteiger partial charge in [-0.25, -0.2) is 8.42 Å². The molecule has 2 N–H and O–H groups in total. The fourth-order valence-corrected chi connectivity index (χ4v) is 6.40. The third-order valence-corrected chi connectivity index (χ3v) is 8.04. The summed E-state index contributed by atoms with van der Waals surface area (Å²) >= 11 is 3.43. The van der Waals surface area contributed by atoms with Crippen LogP contribution < -0.4 is 0 Å². The van der Waals surface area contributed by atoms with Crippen LogP contribution in [0.25, 0.3) is 11.6 Å². The molecule has 3 heterocycles. The Bertz CT molecular complexity index is 1110. The van der Waals surface area contributed by atoms with E-state index in [4.69, 9.17) is 4.74 Å². The molecule has 0 aliphatic carbocycles. The number of halogens is 1. The molecule has 1 aromatic carbocycles. The van der Waals surface area contributed by atoms with E-state index in [0.29, 0.717) is 24.0 Å². The molecule has 0 bridgehead atoms. The van der Waals surface area contributed by atoms with Gasteiger partial charge in [0, 0.05) is 16.2 Å². The third kappa shape index (κ3) is 4.23. The van der Waals surface area contributed by atoms with Gasteiger partial charge in [-0.05, 0) is 66.0 Å². The van der Waals surface area contributed by atoms with E-state index in [1.165, 1.54) is 0 Å². The van der Waals surface area contributed by atoms with Gasteiger partial charge in [0.05, 0.1) is 30.8 Å². The monoisotopic (exact) mass is 491 g/mol. The second kappa shape index (κ2) is 8.63. The molecule has 8 heteroatoms. The summed E-state index contributed by atoms with van der Waals surface area (Å²) in [6.45, 7) is -0.124. The van der Waals surface area contributed by atoms with Crippen LogP contribution in [0.15, 0.2) is 58.2 Å². The largest absolute Gasteiger partial charge is 0.507 e. The summed E-state index contributed by atoms with van der Waals surface area (Å²) in [4.78, 5) is 4.44. The summed E-state index contributed by atoms with van der Waals surface area (Å²) in [5.41, 5.74) is 3.64. The first kappa shape index (κ1) is 21.2. The van der Waals surface area contributed by atoms with Crippen LogP contribution in [0.3, 0.4) is 0 Å². The Kier molecular flexibility index (Phi) is 6.11. The molecule has 0 spiro atoms. The van der Waals surface area contributed by atoms with Crippen molar-refractivity contribution >= 4 is 37.4 Å². The normalized spacial score (nSPS) is 23.1. The Hall–Kier alpha value is -2.00. The maximum atomic E-state index is 12.3. The molecule has 2 atom stereocenters. The predicted molar refractivity (Wildman–Crippen MR) is 119 cm³/mol. The fraction of sp³-hybridized carbons (Fsp3) is 0.318. The number of phenolic OH excluding ortho intramolecular Hbond substituents is 1. The van der Waals surface area contributed by atoms with E-state index in [1.54, 1.807) is 18.3 Å². The second-order valence-electron chi connectivity index (χ2n) is 7.46. The number of aromatic nitrogens is 1. The molecule has 0 radical (unpaired) electrons. The van der Waals surface area contributed by atoms with E-state index in [-0.39, 0.29) is 30.8 Å². The molecule has 1 aromatic heterocycles. The predicted octanol–water partition coefficient (Wildman–Crippen LogP) is 3.36. The van der Waals surface area contributed by atoms with Gasteiger partial charge < -0.3 is 14.9 Å². The molecule has 4 rings (SSSR count). The number of benzene rings is 1. The summed E-state index contributed by atoms with van der Waals surface area (Å²) in [6.07, 6.45) is 4.38. The van der Waals surface area contributed by atoms with Gasteiger partial charge >= 0.3 is 0 Å². The molecule has 1 fully saturated rings. The molecule has 30 heavy (non-hydrogen) atoms. The molecule has 0 saturated carbocycles. The number of pyridine rings is 1. The summed E-state index contributed by atoms with van der Waals surface area (Å²) in [7, 11) is -3.29. The average molecular weight is 492 g/mol. The minimum Gasteiger partial charge on any atom is -0.507 e. The number of nitrogens with zero attached hydrogens (tertiary/aromatic N) is 1. The van der Waals surface area contributed by atoms with E-state index in [9.17, 15) is 18.6 Å². The topological polar surface area (TPSA) is 96.7 Å². The van der Waals surface area contributed by atoms with Crippen molar-refractivity contribution in [1.82, 2.24) is 4.98 Å². The van der Waals surface area contributed by atoms with Gasteiger partial charge in [0.15, 0.2) is 9.84 Å². The van der Waals surface area contributed by atoms with Crippen molar-refractivity contribution in [3.63, 3.8) is 0 Å². The SMILES string of the molecule is O=S1(=O)CC(CO)=C2[C@@H](CC/C(=C/c3cc(Br)ccc3O)c3ccccn3)OC[C@@H]21. The number of aliphatic hydroxyl groups is 1. The Morgan fingerprint density at radius 2 is 2.13 bits per heavy atom. The highest BCUT2D eigenvalue weighted by Crippen LogP contribution is 2.39. The van der Waals surface area contributed by atoms with Crippen molar-refractivity contribution in [2.24, 2.45) is 0 Å². The van der Waals surface area contributed by atoms with Crippen molar-refractivity contribution in [1.29, 1.82) is 0 Å². The Labute approximate surface area is 184 Å². The van der Waals surface area contributed by atoms with Gasteiger partial charge in [0.25, 0.3) is 0 Å². The van der Waals surface area contributed by atoms with Gasteiger partial charge in [-0.1, -0.05) is 22.0 Å². The number of aromatic hydroxyl groups is 1. The first-order valence-electron chi connectivity index (χ1n) is 9.65. The molecule has 1 saturated heterocycles. The second-order valence-corrected chi connectivity index (χ2v) is 10.6. The van der Waals surface area contributed by atoms with E-state index in [1.807, 2.05) is 30.3 Å². The smallest absolute Gasteiger partial charge is 0.163 e. The lowest BCUT2D eigenvalue weighted by Gasteiger charge is -2.15. The highest BCUT2D eigenvalue weighted by atomic mass is 79.9. The zero-order valence-electron chi connectivity index (χ0n) is 16.2. The molecule has 158 valence electrons. The maximum absolute atomic E-state index is 12.3. The Balaban J connectivity index is 1.63. The minimum atomic E-state index is -3.29. The van der Waals surface area contributed by atoms with Crippen LogP contribution in [0, 0.1) is 0 Å². The molecule has 0 unspecified atom stereocenters. The molecule has 2 aliphatic rings. The number of sulfone groups is 1.